The molecule has 0 radical (unpaired) electrons. The monoisotopic (exact) mass is 316 g/mol. The van der Waals surface area contributed by atoms with Crippen molar-refractivity contribution in [3.05, 3.63) is 35.4 Å². The fourth-order valence-electron chi connectivity index (χ4n) is 3.31. The van der Waals surface area contributed by atoms with Crippen molar-refractivity contribution < 1.29 is 4.74 Å². The van der Waals surface area contributed by atoms with Crippen LogP contribution in [0, 0.1) is 0 Å². The number of unbranched alkanes of at least 4 members (excludes halogenated alkanes) is 11. The third kappa shape index (κ3) is 8.55. The maximum Gasteiger partial charge on any atom is 0.106 e. The molecule has 1 aromatic rings. The Morgan fingerprint density at radius 3 is 1.70 bits per heavy atom. The zero-order valence-electron chi connectivity index (χ0n) is 15.2. The number of aryl methyl sites for hydroxylation is 1. The summed E-state index contributed by atoms with van der Waals surface area (Å²) in [7, 11) is 0. The predicted octanol–water partition coefficient (Wildman–Crippen LogP) is 7.00. The summed E-state index contributed by atoms with van der Waals surface area (Å²) in [5, 5.41) is 0. The molecule has 130 valence electrons. The lowest BCUT2D eigenvalue weighted by atomic mass is 10.0. The van der Waals surface area contributed by atoms with Crippen LogP contribution >= 0.6 is 0 Å². The molecule has 1 saturated heterocycles. The van der Waals surface area contributed by atoms with Gasteiger partial charge < -0.3 is 4.74 Å². The van der Waals surface area contributed by atoms with E-state index in [4.69, 9.17) is 4.74 Å². The molecule has 23 heavy (non-hydrogen) atoms. The molecule has 1 atom stereocenters. The minimum absolute atomic E-state index is 0.399. The van der Waals surface area contributed by atoms with Gasteiger partial charge in [-0.1, -0.05) is 102 Å². The van der Waals surface area contributed by atoms with E-state index in [-0.39, 0.29) is 0 Å². The van der Waals surface area contributed by atoms with E-state index >= 15 is 0 Å². The maximum absolute atomic E-state index is 5.31. The first-order valence-electron chi connectivity index (χ1n) is 10.1. The Morgan fingerprint density at radius 1 is 0.739 bits per heavy atom. The second-order valence-electron chi connectivity index (χ2n) is 7.20. The van der Waals surface area contributed by atoms with Crippen LogP contribution in [0.2, 0.25) is 0 Å². The molecule has 0 N–H and O–H groups in total. The fourth-order valence-corrected chi connectivity index (χ4v) is 3.31. The SMILES string of the molecule is CCCCCCCCCCCCCCc1ccc(C2CO2)cc1. The van der Waals surface area contributed by atoms with E-state index < -0.39 is 0 Å². The summed E-state index contributed by atoms with van der Waals surface area (Å²) in [5.74, 6) is 0. The van der Waals surface area contributed by atoms with Crippen molar-refractivity contribution in [2.75, 3.05) is 6.61 Å². The van der Waals surface area contributed by atoms with Crippen LogP contribution in [0.1, 0.15) is 101 Å². The second kappa shape index (κ2) is 11.7. The third-order valence-corrected chi connectivity index (χ3v) is 5.00. The van der Waals surface area contributed by atoms with E-state index in [1.54, 1.807) is 0 Å². The van der Waals surface area contributed by atoms with Gasteiger partial charge in [0.25, 0.3) is 0 Å². The van der Waals surface area contributed by atoms with Gasteiger partial charge in [0.1, 0.15) is 6.10 Å². The Hall–Kier alpha value is -0.820. The number of hydrogen-bond acceptors (Lipinski definition) is 1. The van der Waals surface area contributed by atoms with Crippen molar-refractivity contribution in [2.24, 2.45) is 0 Å². The number of ether oxygens (including phenoxy) is 1. The molecule has 0 aromatic heterocycles. The summed E-state index contributed by atoms with van der Waals surface area (Å²) in [4.78, 5) is 0. The molecule has 0 saturated carbocycles. The van der Waals surface area contributed by atoms with Gasteiger partial charge in [0.2, 0.25) is 0 Å². The molecule has 1 aliphatic heterocycles. The van der Waals surface area contributed by atoms with Gasteiger partial charge >= 0.3 is 0 Å². The summed E-state index contributed by atoms with van der Waals surface area (Å²) in [6, 6.07) is 9.06. The summed E-state index contributed by atoms with van der Waals surface area (Å²) >= 11 is 0. The summed E-state index contributed by atoms with van der Waals surface area (Å²) in [6.07, 6.45) is 18.8. The largest absolute Gasteiger partial charge is 0.368 e. The van der Waals surface area contributed by atoms with Crippen molar-refractivity contribution in [3.8, 4) is 0 Å². The molecular formula is C22H36O. The minimum Gasteiger partial charge on any atom is -0.368 e. The van der Waals surface area contributed by atoms with Crippen LogP contribution < -0.4 is 0 Å². The average molecular weight is 317 g/mol. The Balaban J connectivity index is 1.36. The first kappa shape index (κ1) is 18.5. The highest BCUT2D eigenvalue weighted by Gasteiger charge is 2.24. The zero-order chi connectivity index (χ0) is 16.2. The fraction of sp³-hybridized carbons (Fsp3) is 0.727. The smallest absolute Gasteiger partial charge is 0.106 e. The van der Waals surface area contributed by atoms with E-state index in [2.05, 4.69) is 31.2 Å². The van der Waals surface area contributed by atoms with Gasteiger partial charge in [0.15, 0.2) is 0 Å². The number of epoxide rings is 1. The predicted molar refractivity (Wildman–Crippen MR) is 99.9 cm³/mol. The lowest BCUT2D eigenvalue weighted by Crippen LogP contribution is -1.88. The van der Waals surface area contributed by atoms with Gasteiger partial charge in [0.05, 0.1) is 6.61 Å². The first-order chi connectivity index (χ1) is 11.4. The van der Waals surface area contributed by atoms with Gasteiger partial charge in [-0.3, -0.25) is 0 Å². The molecule has 1 heterocycles. The molecule has 0 spiro atoms. The van der Waals surface area contributed by atoms with Gasteiger partial charge in [-0.15, -0.1) is 0 Å². The van der Waals surface area contributed by atoms with Crippen molar-refractivity contribution in [1.82, 2.24) is 0 Å². The molecule has 0 bridgehead atoms. The van der Waals surface area contributed by atoms with Crippen LogP contribution in [0.25, 0.3) is 0 Å². The van der Waals surface area contributed by atoms with Crippen LogP contribution in [-0.2, 0) is 11.2 Å². The van der Waals surface area contributed by atoms with Crippen molar-refractivity contribution in [1.29, 1.82) is 0 Å². The zero-order valence-corrected chi connectivity index (χ0v) is 15.2. The van der Waals surface area contributed by atoms with E-state index in [1.807, 2.05) is 0 Å². The number of hydrogen-bond donors (Lipinski definition) is 0. The molecule has 2 rings (SSSR count). The Labute approximate surface area is 143 Å². The second-order valence-corrected chi connectivity index (χ2v) is 7.20. The summed E-state index contributed by atoms with van der Waals surface area (Å²) in [6.45, 7) is 3.20. The van der Waals surface area contributed by atoms with Gasteiger partial charge in [-0.25, -0.2) is 0 Å². The van der Waals surface area contributed by atoms with Crippen LogP contribution in [0.3, 0.4) is 0 Å². The average Bonchev–Trinajstić information content (AvgIpc) is 3.41. The van der Waals surface area contributed by atoms with E-state index in [0.717, 1.165) is 6.61 Å². The van der Waals surface area contributed by atoms with Gasteiger partial charge in [-0.05, 0) is 24.0 Å². The van der Waals surface area contributed by atoms with Crippen LogP contribution in [0.15, 0.2) is 24.3 Å². The van der Waals surface area contributed by atoms with Gasteiger partial charge in [-0.2, -0.15) is 0 Å². The molecular weight excluding hydrogens is 280 g/mol. The molecule has 1 heteroatoms. The lowest BCUT2D eigenvalue weighted by Gasteiger charge is -2.04. The topological polar surface area (TPSA) is 12.5 Å². The Bertz CT molecular complexity index is 391. The van der Waals surface area contributed by atoms with Crippen LogP contribution in [0.5, 0.6) is 0 Å². The summed E-state index contributed by atoms with van der Waals surface area (Å²) < 4.78 is 5.31. The molecule has 1 aromatic carbocycles. The molecule has 1 aliphatic rings. The van der Waals surface area contributed by atoms with Crippen molar-refractivity contribution in [2.45, 2.75) is 96.5 Å². The molecule has 0 amide bonds. The molecule has 1 fully saturated rings. The molecule has 1 nitrogen and oxygen atoms in total. The quantitative estimate of drug-likeness (QED) is 0.266. The van der Waals surface area contributed by atoms with E-state index in [0.29, 0.717) is 6.10 Å². The lowest BCUT2D eigenvalue weighted by molar-refractivity contribution is 0.415. The number of rotatable bonds is 14. The molecule has 1 unspecified atom stereocenters. The standard InChI is InChI=1S/C22H36O/c1-2-3-4-5-6-7-8-9-10-11-12-13-14-20-15-17-21(18-16-20)22-19-23-22/h15-18,22H,2-14,19H2,1H3. The van der Waals surface area contributed by atoms with E-state index in [1.165, 1.54) is 94.6 Å². The Kier molecular flexibility index (Phi) is 9.40. The van der Waals surface area contributed by atoms with Crippen molar-refractivity contribution in [3.63, 3.8) is 0 Å². The number of benzene rings is 1. The molecule has 0 aliphatic carbocycles. The maximum atomic E-state index is 5.31. The third-order valence-electron chi connectivity index (χ3n) is 5.00. The highest BCUT2D eigenvalue weighted by molar-refractivity contribution is 5.26. The Morgan fingerprint density at radius 2 is 1.22 bits per heavy atom. The highest BCUT2D eigenvalue weighted by Crippen LogP contribution is 2.29. The minimum atomic E-state index is 0.399. The van der Waals surface area contributed by atoms with Crippen molar-refractivity contribution >= 4 is 0 Å². The summed E-state index contributed by atoms with van der Waals surface area (Å²) in [5.41, 5.74) is 2.84. The normalized spacial score (nSPS) is 16.7. The first-order valence-corrected chi connectivity index (χ1v) is 10.1. The van der Waals surface area contributed by atoms with Crippen LogP contribution in [0.4, 0.5) is 0 Å². The van der Waals surface area contributed by atoms with E-state index in [9.17, 15) is 0 Å². The van der Waals surface area contributed by atoms with Gasteiger partial charge in [0, 0.05) is 0 Å². The van der Waals surface area contributed by atoms with Crippen LogP contribution in [-0.4, -0.2) is 6.61 Å². The highest BCUT2D eigenvalue weighted by atomic mass is 16.6.